The first kappa shape index (κ1) is 15.2. The summed E-state index contributed by atoms with van der Waals surface area (Å²) in [5.74, 6) is 1.32. The summed E-state index contributed by atoms with van der Waals surface area (Å²) in [6.07, 6.45) is 0. The van der Waals surface area contributed by atoms with Crippen molar-refractivity contribution in [1.82, 2.24) is 5.32 Å². The van der Waals surface area contributed by atoms with Crippen molar-refractivity contribution >= 4 is 0 Å². The molecule has 0 aliphatic heterocycles. The fraction of sp³-hybridized carbons (Fsp3) is 0.647. The second-order valence-electron chi connectivity index (χ2n) is 6.69. The molecule has 0 heterocycles. The van der Waals surface area contributed by atoms with Crippen molar-refractivity contribution in [3.8, 4) is 0 Å². The molecule has 1 aromatic rings. The first-order valence-electron chi connectivity index (χ1n) is 7.14. The van der Waals surface area contributed by atoms with E-state index in [1.54, 1.807) is 0 Å². The molecule has 0 spiro atoms. The van der Waals surface area contributed by atoms with E-state index in [4.69, 9.17) is 0 Å². The van der Waals surface area contributed by atoms with E-state index in [1.165, 1.54) is 11.1 Å². The lowest BCUT2D eigenvalue weighted by Crippen LogP contribution is -2.34. The third-order valence-electron chi connectivity index (χ3n) is 3.48. The van der Waals surface area contributed by atoms with Crippen LogP contribution in [-0.2, 0) is 5.41 Å². The predicted molar refractivity (Wildman–Crippen MR) is 81.3 cm³/mol. The summed E-state index contributed by atoms with van der Waals surface area (Å²) in [4.78, 5) is 0. The number of nitrogens with one attached hydrogen (secondary N) is 1. The van der Waals surface area contributed by atoms with Gasteiger partial charge in [0.25, 0.3) is 0 Å². The number of benzene rings is 1. The monoisotopic (exact) mass is 247 g/mol. The van der Waals surface area contributed by atoms with Crippen molar-refractivity contribution in [2.24, 2.45) is 5.92 Å². The molecule has 1 rings (SSSR count). The Hall–Kier alpha value is -0.820. The van der Waals surface area contributed by atoms with Gasteiger partial charge in [-0.25, -0.2) is 0 Å². The Balaban J connectivity index is 2.66. The average molecular weight is 247 g/mol. The summed E-state index contributed by atoms with van der Waals surface area (Å²) in [6, 6.07) is 9.10. The Bertz CT molecular complexity index is 346. The molecule has 0 bridgehead atoms. The molecule has 1 nitrogen and oxygen atoms in total. The van der Waals surface area contributed by atoms with Crippen LogP contribution in [0.25, 0.3) is 0 Å². The third kappa shape index (κ3) is 4.45. The van der Waals surface area contributed by atoms with Crippen LogP contribution in [-0.4, -0.2) is 13.1 Å². The molecule has 1 N–H and O–H groups in total. The van der Waals surface area contributed by atoms with Crippen LogP contribution in [0.1, 0.15) is 58.6 Å². The molecular weight excluding hydrogens is 218 g/mol. The molecule has 1 aromatic carbocycles. The van der Waals surface area contributed by atoms with Crippen LogP contribution in [0.2, 0.25) is 0 Å². The normalized spacial score (nSPS) is 12.4. The topological polar surface area (TPSA) is 12.0 Å². The highest BCUT2D eigenvalue weighted by Crippen LogP contribution is 2.24. The number of rotatable bonds is 6. The zero-order valence-corrected chi connectivity index (χ0v) is 12.9. The minimum atomic E-state index is 0.199. The Kier molecular flexibility index (Phi) is 5.40. The van der Waals surface area contributed by atoms with Gasteiger partial charge in [0.15, 0.2) is 0 Å². The molecule has 0 fully saturated rings. The van der Waals surface area contributed by atoms with E-state index < -0.39 is 0 Å². The minimum Gasteiger partial charge on any atom is -0.316 e. The molecule has 0 unspecified atom stereocenters. The molecule has 0 saturated carbocycles. The lowest BCUT2D eigenvalue weighted by Gasteiger charge is -2.26. The summed E-state index contributed by atoms with van der Waals surface area (Å²) in [6.45, 7) is 15.7. The second kappa shape index (κ2) is 6.38. The van der Waals surface area contributed by atoms with Crippen molar-refractivity contribution in [3.05, 3.63) is 35.4 Å². The Morgan fingerprint density at radius 1 is 1.00 bits per heavy atom. The van der Waals surface area contributed by atoms with E-state index in [9.17, 15) is 0 Å². The van der Waals surface area contributed by atoms with Crippen molar-refractivity contribution in [1.29, 1.82) is 0 Å². The quantitative estimate of drug-likeness (QED) is 0.789. The van der Waals surface area contributed by atoms with Crippen LogP contribution in [0.5, 0.6) is 0 Å². The minimum absolute atomic E-state index is 0.199. The standard InChI is InChI=1S/C17H29N/c1-13(2)11-18-12-17(5,6)16-9-7-15(8-10-16)14(3)4/h7-10,13-14,18H,11-12H2,1-6H3. The lowest BCUT2D eigenvalue weighted by molar-refractivity contribution is 0.443. The van der Waals surface area contributed by atoms with Crippen LogP contribution in [0.15, 0.2) is 24.3 Å². The lowest BCUT2D eigenvalue weighted by atomic mass is 9.83. The van der Waals surface area contributed by atoms with Crippen LogP contribution in [0.3, 0.4) is 0 Å². The predicted octanol–water partition coefficient (Wildman–Crippen LogP) is 4.33. The van der Waals surface area contributed by atoms with Gasteiger partial charge in [0.2, 0.25) is 0 Å². The van der Waals surface area contributed by atoms with Gasteiger partial charge in [-0.15, -0.1) is 0 Å². The summed E-state index contributed by atoms with van der Waals surface area (Å²) in [5.41, 5.74) is 3.04. The first-order valence-corrected chi connectivity index (χ1v) is 7.14. The molecule has 0 amide bonds. The van der Waals surface area contributed by atoms with E-state index in [-0.39, 0.29) is 5.41 Å². The summed E-state index contributed by atoms with van der Waals surface area (Å²) < 4.78 is 0. The molecule has 0 aromatic heterocycles. The maximum atomic E-state index is 3.56. The van der Waals surface area contributed by atoms with Gasteiger partial charge in [-0.1, -0.05) is 65.8 Å². The van der Waals surface area contributed by atoms with Crippen LogP contribution in [0.4, 0.5) is 0 Å². The van der Waals surface area contributed by atoms with E-state index in [0.29, 0.717) is 11.8 Å². The SMILES string of the molecule is CC(C)CNCC(C)(C)c1ccc(C(C)C)cc1. The number of hydrogen-bond acceptors (Lipinski definition) is 1. The van der Waals surface area contributed by atoms with E-state index in [1.807, 2.05) is 0 Å². The fourth-order valence-corrected chi connectivity index (χ4v) is 2.09. The highest BCUT2D eigenvalue weighted by Gasteiger charge is 2.20. The van der Waals surface area contributed by atoms with Crippen molar-refractivity contribution in [3.63, 3.8) is 0 Å². The highest BCUT2D eigenvalue weighted by atomic mass is 14.9. The molecule has 0 saturated heterocycles. The summed E-state index contributed by atoms with van der Waals surface area (Å²) in [5, 5.41) is 3.56. The van der Waals surface area contributed by atoms with Crippen molar-refractivity contribution < 1.29 is 0 Å². The molecule has 0 radical (unpaired) electrons. The molecule has 18 heavy (non-hydrogen) atoms. The molecule has 1 heteroatoms. The van der Waals surface area contributed by atoms with Crippen LogP contribution >= 0.6 is 0 Å². The van der Waals surface area contributed by atoms with Crippen LogP contribution < -0.4 is 5.32 Å². The molecular formula is C17H29N. The van der Waals surface area contributed by atoms with Crippen molar-refractivity contribution in [2.75, 3.05) is 13.1 Å². The molecule has 0 atom stereocenters. The fourth-order valence-electron chi connectivity index (χ4n) is 2.09. The largest absolute Gasteiger partial charge is 0.316 e. The zero-order chi connectivity index (χ0) is 13.8. The van der Waals surface area contributed by atoms with Gasteiger partial charge in [-0.05, 0) is 29.5 Å². The van der Waals surface area contributed by atoms with Gasteiger partial charge in [0.1, 0.15) is 0 Å². The Morgan fingerprint density at radius 3 is 2.00 bits per heavy atom. The Morgan fingerprint density at radius 2 is 1.56 bits per heavy atom. The average Bonchev–Trinajstić information content (AvgIpc) is 2.28. The maximum Gasteiger partial charge on any atom is 0.00432 e. The van der Waals surface area contributed by atoms with Gasteiger partial charge in [0, 0.05) is 12.0 Å². The van der Waals surface area contributed by atoms with Gasteiger partial charge in [-0.3, -0.25) is 0 Å². The molecule has 0 aliphatic rings. The summed E-state index contributed by atoms with van der Waals surface area (Å²) >= 11 is 0. The summed E-state index contributed by atoms with van der Waals surface area (Å²) in [7, 11) is 0. The molecule has 0 aliphatic carbocycles. The highest BCUT2D eigenvalue weighted by molar-refractivity contribution is 5.29. The van der Waals surface area contributed by atoms with Gasteiger partial charge >= 0.3 is 0 Å². The zero-order valence-electron chi connectivity index (χ0n) is 12.9. The Labute approximate surface area is 113 Å². The second-order valence-corrected chi connectivity index (χ2v) is 6.69. The van der Waals surface area contributed by atoms with E-state index in [0.717, 1.165) is 13.1 Å². The van der Waals surface area contributed by atoms with Gasteiger partial charge < -0.3 is 5.32 Å². The van der Waals surface area contributed by atoms with E-state index in [2.05, 4.69) is 71.1 Å². The van der Waals surface area contributed by atoms with Gasteiger partial charge in [-0.2, -0.15) is 0 Å². The van der Waals surface area contributed by atoms with Crippen molar-refractivity contribution in [2.45, 2.75) is 52.9 Å². The maximum absolute atomic E-state index is 3.56. The van der Waals surface area contributed by atoms with Crippen LogP contribution in [0, 0.1) is 5.92 Å². The number of hydrogen-bond donors (Lipinski definition) is 1. The third-order valence-corrected chi connectivity index (χ3v) is 3.48. The molecule has 102 valence electrons. The van der Waals surface area contributed by atoms with E-state index >= 15 is 0 Å². The smallest absolute Gasteiger partial charge is 0.00432 e. The van der Waals surface area contributed by atoms with Gasteiger partial charge in [0.05, 0.1) is 0 Å². The first-order chi connectivity index (χ1) is 8.33.